The van der Waals surface area contributed by atoms with E-state index in [-0.39, 0.29) is 12.0 Å². The maximum atomic E-state index is 5.05. The third-order valence-corrected chi connectivity index (χ3v) is 10.7. The van der Waals surface area contributed by atoms with E-state index in [1.54, 1.807) is 0 Å². The zero-order valence-electron chi connectivity index (χ0n) is 28.3. The molecule has 2 aliphatic rings. The Bertz CT molecular complexity index is 2830. The van der Waals surface area contributed by atoms with Crippen molar-refractivity contribution < 1.29 is 0 Å². The summed E-state index contributed by atoms with van der Waals surface area (Å²) >= 11 is 0. The van der Waals surface area contributed by atoms with E-state index in [2.05, 4.69) is 171 Å². The number of pyridine rings is 1. The monoisotopic (exact) mass is 650 g/mol. The van der Waals surface area contributed by atoms with Gasteiger partial charge < -0.3 is 0 Å². The Morgan fingerprint density at radius 3 is 1.76 bits per heavy atom. The number of hydrogen-bond acceptors (Lipinski definition) is 2. The largest absolute Gasteiger partial charge is 0.284 e. The predicted octanol–water partition coefficient (Wildman–Crippen LogP) is 12.6. The average Bonchev–Trinajstić information content (AvgIpc) is 3.19. The van der Waals surface area contributed by atoms with Crippen molar-refractivity contribution in [2.24, 2.45) is 10.9 Å². The number of aliphatic imine (C=N–C) groups is 1. The van der Waals surface area contributed by atoms with E-state index in [1.165, 1.54) is 65.3 Å². The normalized spacial score (nSPS) is 16.6. The summed E-state index contributed by atoms with van der Waals surface area (Å²) in [6.07, 6.45) is 14.9. The molecule has 0 saturated heterocycles. The predicted molar refractivity (Wildman–Crippen MR) is 217 cm³/mol. The Balaban J connectivity index is 1.19. The van der Waals surface area contributed by atoms with Gasteiger partial charge in [-0.25, -0.2) is 0 Å². The van der Waals surface area contributed by atoms with Gasteiger partial charge in [0, 0.05) is 29.5 Å². The first-order valence-electron chi connectivity index (χ1n) is 17.7. The fourth-order valence-corrected chi connectivity index (χ4v) is 8.18. The van der Waals surface area contributed by atoms with Crippen LogP contribution in [0.1, 0.15) is 11.3 Å². The highest BCUT2D eigenvalue weighted by Crippen LogP contribution is 2.46. The summed E-state index contributed by atoms with van der Waals surface area (Å²) in [6.45, 7) is 2.16. The minimum absolute atomic E-state index is 0.184. The van der Waals surface area contributed by atoms with E-state index in [4.69, 9.17) is 9.98 Å². The number of rotatable bonds is 4. The number of fused-ring (bicyclic) bond motifs is 5. The molecule has 8 aromatic rings. The summed E-state index contributed by atoms with van der Waals surface area (Å²) in [4.78, 5) is 9.88. The van der Waals surface area contributed by atoms with Gasteiger partial charge >= 0.3 is 0 Å². The van der Waals surface area contributed by atoms with Crippen molar-refractivity contribution in [1.29, 1.82) is 0 Å². The topological polar surface area (TPSA) is 25.2 Å². The molecule has 240 valence electrons. The summed E-state index contributed by atoms with van der Waals surface area (Å²) in [6, 6.07) is 49.4. The number of allylic oxidation sites excluding steroid dienone is 3. The SMILES string of the molecule is Cc1cc(-c2ccc3c(-c4ccc5ccccc5c4)c4ccccc4c(-c4ccc5ccccc5c4)c3c2)cnc1C1=CC2C=CC=CC2N=C1. The van der Waals surface area contributed by atoms with Crippen LogP contribution in [0.25, 0.3) is 82.0 Å². The number of nitrogens with zero attached hydrogens (tertiary/aromatic N) is 2. The quantitative estimate of drug-likeness (QED) is 0.174. The lowest BCUT2D eigenvalue weighted by Gasteiger charge is -2.23. The van der Waals surface area contributed by atoms with Gasteiger partial charge in [-0.2, -0.15) is 0 Å². The van der Waals surface area contributed by atoms with Crippen LogP contribution in [0.2, 0.25) is 0 Å². The van der Waals surface area contributed by atoms with Gasteiger partial charge in [0.1, 0.15) is 0 Å². The van der Waals surface area contributed by atoms with Crippen molar-refractivity contribution in [2.75, 3.05) is 0 Å². The molecular formula is C49H34N2. The summed E-state index contributed by atoms with van der Waals surface area (Å²) in [7, 11) is 0. The molecule has 0 amide bonds. The van der Waals surface area contributed by atoms with Crippen LogP contribution in [0.3, 0.4) is 0 Å². The summed E-state index contributed by atoms with van der Waals surface area (Å²) in [5.74, 6) is 0.275. The van der Waals surface area contributed by atoms with E-state index in [1.807, 2.05) is 12.4 Å². The molecule has 0 N–H and O–H groups in total. The van der Waals surface area contributed by atoms with Crippen LogP contribution in [0.5, 0.6) is 0 Å². The van der Waals surface area contributed by atoms with Crippen molar-refractivity contribution in [1.82, 2.24) is 4.98 Å². The first-order chi connectivity index (χ1) is 25.2. The van der Waals surface area contributed by atoms with Gasteiger partial charge in [0.2, 0.25) is 0 Å². The molecule has 10 rings (SSSR count). The standard InChI is InChI=1S/C49H34N2/c1-31-24-40(29-51-49(31)41-27-37-14-6-9-17-46(37)50-30-41)36-22-23-44-45(28-36)48(39-21-19-33-11-3-5-13-35(33)26-39)43-16-8-7-15-42(43)47(44)38-20-18-32-10-2-4-12-34(32)25-38/h2-30,37,46H,1H3. The lowest BCUT2D eigenvalue weighted by molar-refractivity contribution is 0.685. The Morgan fingerprint density at radius 2 is 1.08 bits per heavy atom. The summed E-state index contributed by atoms with van der Waals surface area (Å²) in [5.41, 5.74) is 10.4. The highest BCUT2D eigenvalue weighted by Gasteiger charge is 2.22. The third-order valence-electron chi connectivity index (χ3n) is 10.7. The first-order valence-corrected chi connectivity index (χ1v) is 17.7. The van der Waals surface area contributed by atoms with Crippen LogP contribution >= 0.6 is 0 Å². The minimum atomic E-state index is 0.184. The Morgan fingerprint density at radius 1 is 0.490 bits per heavy atom. The minimum Gasteiger partial charge on any atom is -0.284 e. The van der Waals surface area contributed by atoms with Gasteiger partial charge in [0.05, 0.1) is 11.7 Å². The molecule has 0 fully saturated rings. The molecule has 1 aliphatic heterocycles. The first kappa shape index (κ1) is 29.5. The molecule has 2 unspecified atom stereocenters. The van der Waals surface area contributed by atoms with Crippen molar-refractivity contribution >= 4 is 54.9 Å². The van der Waals surface area contributed by atoms with E-state index in [0.29, 0.717) is 0 Å². The molecule has 1 aliphatic carbocycles. The maximum Gasteiger partial charge on any atom is 0.0780 e. The highest BCUT2D eigenvalue weighted by molar-refractivity contribution is 6.22. The van der Waals surface area contributed by atoms with Gasteiger partial charge in [0.15, 0.2) is 0 Å². The van der Waals surface area contributed by atoms with Gasteiger partial charge in [0.25, 0.3) is 0 Å². The molecule has 7 aromatic carbocycles. The molecule has 51 heavy (non-hydrogen) atoms. The van der Waals surface area contributed by atoms with Crippen molar-refractivity contribution in [3.05, 3.63) is 181 Å². The van der Waals surface area contributed by atoms with Gasteiger partial charge in [-0.15, -0.1) is 0 Å². The van der Waals surface area contributed by atoms with E-state index in [0.717, 1.165) is 28.0 Å². The fourth-order valence-electron chi connectivity index (χ4n) is 8.18. The van der Waals surface area contributed by atoms with Crippen LogP contribution in [-0.4, -0.2) is 17.2 Å². The van der Waals surface area contributed by atoms with Crippen LogP contribution in [-0.2, 0) is 0 Å². The number of hydrogen-bond donors (Lipinski definition) is 0. The van der Waals surface area contributed by atoms with Crippen LogP contribution < -0.4 is 0 Å². The van der Waals surface area contributed by atoms with Gasteiger partial charge in [-0.1, -0.05) is 140 Å². The zero-order chi connectivity index (χ0) is 33.9. The second kappa shape index (κ2) is 11.9. The van der Waals surface area contributed by atoms with Crippen molar-refractivity contribution in [3.63, 3.8) is 0 Å². The average molecular weight is 651 g/mol. The van der Waals surface area contributed by atoms with Crippen LogP contribution in [0, 0.1) is 12.8 Å². The molecule has 2 nitrogen and oxygen atoms in total. The number of aromatic nitrogens is 1. The van der Waals surface area contributed by atoms with E-state index < -0.39 is 0 Å². The number of aryl methyl sites for hydroxylation is 1. The lowest BCUT2D eigenvalue weighted by Crippen LogP contribution is -2.19. The van der Waals surface area contributed by atoms with E-state index >= 15 is 0 Å². The zero-order valence-corrected chi connectivity index (χ0v) is 28.3. The molecule has 2 atom stereocenters. The third kappa shape index (κ3) is 5.03. The molecule has 0 saturated carbocycles. The van der Waals surface area contributed by atoms with Crippen LogP contribution in [0.4, 0.5) is 0 Å². The molecule has 2 heteroatoms. The van der Waals surface area contributed by atoms with Crippen molar-refractivity contribution in [2.45, 2.75) is 13.0 Å². The Hall–Kier alpha value is -6.38. The Labute approximate surface area is 297 Å². The van der Waals surface area contributed by atoms with Gasteiger partial charge in [-0.05, 0) is 108 Å². The molecule has 1 aromatic heterocycles. The molecular weight excluding hydrogens is 617 g/mol. The second-order valence-corrected chi connectivity index (χ2v) is 13.8. The lowest BCUT2D eigenvalue weighted by atomic mass is 9.84. The van der Waals surface area contributed by atoms with Crippen LogP contribution in [0.15, 0.2) is 175 Å². The molecule has 0 radical (unpaired) electrons. The number of benzene rings is 7. The van der Waals surface area contributed by atoms with E-state index in [9.17, 15) is 0 Å². The smallest absolute Gasteiger partial charge is 0.0780 e. The van der Waals surface area contributed by atoms with Crippen molar-refractivity contribution in [3.8, 4) is 33.4 Å². The number of dihydropyridines is 1. The summed E-state index contributed by atoms with van der Waals surface area (Å²) < 4.78 is 0. The van der Waals surface area contributed by atoms with Gasteiger partial charge in [-0.3, -0.25) is 9.98 Å². The second-order valence-electron chi connectivity index (χ2n) is 13.8. The Kier molecular flexibility index (Phi) is 6.89. The molecule has 0 spiro atoms. The maximum absolute atomic E-state index is 5.05. The summed E-state index contributed by atoms with van der Waals surface area (Å²) in [5, 5.41) is 9.96. The molecule has 2 heterocycles. The highest BCUT2D eigenvalue weighted by atomic mass is 14.8. The fraction of sp³-hybridized carbons (Fsp3) is 0.0612. The molecule has 0 bridgehead atoms.